The first-order valence-electron chi connectivity index (χ1n) is 8.13. The molecular formula is C17H23N4O2+. The normalized spacial score (nSPS) is 16.7. The molecule has 0 bridgehead atoms. The number of aryl methyl sites for hydroxylation is 1. The quantitative estimate of drug-likeness (QED) is 0.765. The first-order chi connectivity index (χ1) is 11.1. The van der Waals surface area contributed by atoms with Gasteiger partial charge in [-0.15, -0.1) is 0 Å². The number of quaternary nitrogens is 1. The lowest BCUT2D eigenvalue weighted by atomic mass is 10.2. The van der Waals surface area contributed by atoms with Gasteiger partial charge >= 0.3 is 5.69 Å². The molecule has 1 unspecified atom stereocenters. The summed E-state index contributed by atoms with van der Waals surface area (Å²) in [7, 11) is 0. The van der Waals surface area contributed by atoms with Gasteiger partial charge in [-0.1, -0.05) is 31.0 Å². The van der Waals surface area contributed by atoms with Gasteiger partial charge < -0.3 is 10.2 Å². The van der Waals surface area contributed by atoms with Crippen LogP contribution in [0.4, 0.5) is 5.82 Å². The van der Waals surface area contributed by atoms with Crippen molar-refractivity contribution in [2.24, 2.45) is 0 Å². The molecule has 1 aliphatic heterocycles. The topological polar surface area (TPSA) is 71.3 Å². The van der Waals surface area contributed by atoms with Crippen LogP contribution < -0.4 is 21.5 Å². The summed E-state index contributed by atoms with van der Waals surface area (Å²) in [5.41, 5.74) is 1.86. The largest absolute Gasteiger partial charge is 0.334 e. The molecule has 3 N–H and O–H groups in total. The number of nitrogens with zero attached hydrogens (tertiary/aromatic N) is 1. The minimum Gasteiger partial charge on any atom is -0.324 e. The van der Waals surface area contributed by atoms with Crippen molar-refractivity contribution in [2.75, 3.05) is 18.5 Å². The molecule has 122 valence electrons. The Morgan fingerprint density at radius 3 is 2.65 bits per heavy atom. The van der Waals surface area contributed by atoms with Crippen LogP contribution in [0.1, 0.15) is 30.9 Å². The van der Waals surface area contributed by atoms with Crippen molar-refractivity contribution in [3.8, 4) is 5.69 Å². The number of aromatic nitrogens is 2. The zero-order valence-corrected chi connectivity index (χ0v) is 13.6. The summed E-state index contributed by atoms with van der Waals surface area (Å²) in [5.74, 6) is 0.628. The third-order valence-corrected chi connectivity index (χ3v) is 4.32. The third-order valence-electron chi connectivity index (χ3n) is 4.32. The molecule has 0 aliphatic carbocycles. The monoisotopic (exact) mass is 315 g/mol. The van der Waals surface area contributed by atoms with Gasteiger partial charge in [-0.2, -0.15) is 0 Å². The summed E-state index contributed by atoms with van der Waals surface area (Å²) in [6.45, 7) is 6.55. The average molecular weight is 315 g/mol. The van der Waals surface area contributed by atoms with Crippen molar-refractivity contribution < 1.29 is 4.90 Å². The summed E-state index contributed by atoms with van der Waals surface area (Å²) in [4.78, 5) is 28.3. The van der Waals surface area contributed by atoms with E-state index in [0.29, 0.717) is 17.9 Å². The van der Waals surface area contributed by atoms with Gasteiger partial charge in [0, 0.05) is 0 Å². The minimum atomic E-state index is -0.401. The van der Waals surface area contributed by atoms with Gasteiger partial charge in [-0.05, 0) is 25.5 Å². The lowest BCUT2D eigenvalue weighted by molar-refractivity contribution is -0.912. The van der Waals surface area contributed by atoms with E-state index >= 15 is 0 Å². The molecule has 2 heterocycles. The second-order valence-corrected chi connectivity index (χ2v) is 6.14. The van der Waals surface area contributed by atoms with Crippen molar-refractivity contribution >= 4 is 5.82 Å². The Morgan fingerprint density at radius 2 is 1.96 bits per heavy atom. The van der Waals surface area contributed by atoms with Gasteiger partial charge in [-0.3, -0.25) is 9.78 Å². The summed E-state index contributed by atoms with van der Waals surface area (Å²) < 4.78 is 1.56. The minimum absolute atomic E-state index is 0.283. The maximum absolute atomic E-state index is 12.3. The Balaban J connectivity index is 2.05. The molecule has 6 heteroatoms. The molecule has 3 rings (SSSR count). The molecule has 1 aromatic heterocycles. The maximum Gasteiger partial charge on any atom is 0.334 e. The summed E-state index contributed by atoms with van der Waals surface area (Å²) in [5, 5.41) is 3.29. The molecule has 0 radical (unpaired) electrons. The Labute approximate surface area is 134 Å². The van der Waals surface area contributed by atoms with Crippen LogP contribution >= 0.6 is 0 Å². The fourth-order valence-corrected chi connectivity index (χ4v) is 2.99. The zero-order chi connectivity index (χ0) is 16.4. The number of aromatic amines is 1. The predicted octanol–water partition coefficient (Wildman–Crippen LogP) is 0.402. The highest BCUT2D eigenvalue weighted by Crippen LogP contribution is 2.16. The number of benzene rings is 1. The van der Waals surface area contributed by atoms with E-state index in [-0.39, 0.29) is 5.56 Å². The van der Waals surface area contributed by atoms with Gasteiger partial charge in [0.05, 0.1) is 12.2 Å². The van der Waals surface area contributed by atoms with Crippen LogP contribution in [0.15, 0.2) is 33.9 Å². The molecule has 6 nitrogen and oxygen atoms in total. The SMILES string of the molecule is CCCC[NH+]1CNc2c(c(=O)[nH]c(=O)n2-c2ccc(C)cc2)C1. The molecule has 0 fully saturated rings. The molecule has 23 heavy (non-hydrogen) atoms. The number of H-pyrrole nitrogens is 1. The first-order valence-corrected chi connectivity index (χ1v) is 8.13. The van der Waals surface area contributed by atoms with E-state index in [9.17, 15) is 9.59 Å². The Morgan fingerprint density at radius 1 is 1.22 bits per heavy atom. The summed E-state index contributed by atoms with van der Waals surface area (Å²) in [6, 6.07) is 7.71. The van der Waals surface area contributed by atoms with Gasteiger partial charge in [0.2, 0.25) is 0 Å². The molecular weight excluding hydrogens is 292 g/mol. The fourth-order valence-electron chi connectivity index (χ4n) is 2.99. The summed E-state index contributed by atoms with van der Waals surface area (Å²) in [6.07, 6.45) is 2.26. The molecule has 0 spiro atoms. The lowest BCUT2D eigenvalue weighted by Crippen LogP contribution is -3.12. The van der Waals surface area contributed by atoms with Crippen LogP contribution in [0, 0.1) is 6.92 Å². The van der Waals surface area contributed by atoms with Crippen molar-refractivity contribution in [3.63, 3.8) is 0 Å². The van der Waals surface area contributed by atoms with Crippen molar-refractivity contribution in [1.29, 1.82) is 0 Å². The Kier molecular flexibility index (Phi) is 4.34. The van der Waals surface area contributed by atoms with Crippen LogP contribution in [-0.4, -0.2) is 22.8 Å². The third kappa shape index (κ3) is 3.07. The number of hydrogen-bond donors (Lipinski definition) is 3. The van der Waals surface area contributed by atoms with Crippen molar-refractivity contribution in [3.05, 3.63) is 56.2 Å². The molecule has 0 saturated carbocycles. The fraction of sp³-hybridized carbons (Fsp3) is 0.412. The maximum atomic E-state index is 12.3. The number of unbranched alkanes of at least 4 members (excludes halogenated alkanes) is 1. The molecule has 0 saturated heterocycles. The van der Waals surface area contributed by atoms with Crippen molar-refractivity contribution in [2.45, 2.75) is 33.2 Å². The Bertz CT molecular complexity index is 805. The molecule has 1 atom stereocenters. The van der Waals surface area contributed by atoms with Gasteiger partial charge in [-0.25, -0.2) is 9.36 Å². The first kappa shape index (κ1) is 15.6. The lowest BCUT2D eigenvalue weighted by Gasteiger charge is -2.28. The molecule has 1 aliphatic rings. The van der Waals surface area contributed by atoms with Crippen LogP contribution in [0.25, 0.3) is 5.69 Å². The predicted molar refractivity (Wildman–Crippen MR) is 90.3 cm³/mol. The number of nitrogens with one attached hydrogen (secondary N) is 3. The Hall–Kier alpha value is -2.34. The number of rotatable bonds is 4. The van der Waals surface area contributed by atoms with E-state index in [4.69, 9.17) is 0 Å². The highest BCUT2D eigenvalue weighted by atomic mass is 16.2. The zero-order valence-electron chi connectivity index (χ0n) is 13.6. The second kappa shape index (κ2) is 6.42. The second-order valence-electron chi connectivity index (χ2n) is 6.14. The van der Waals surface area contributed by atoms with E-state index in [1.54, 1.807) is 4.57 Å². The van der Waals surface area contributed by atoms with E-state index < -0.39 is 5.69 Å². The number of hydrogen-bond acceptors (Lipinski definition) is 3. The van der Waals surface area contributed by atoms with E-state index in [0.717, 1.165) is 37.3 Å². The average Bonchev–Trinajstić information content (AvgIpc) is 2.55. The molecule has 1 aromatic carbocycles. The van der Waals surface area contributed by atoms with E-state index in [2.05, 4.69) is 17.2 Å². The van der Waals surface area contributed by atoms with Gasteiger partial charge in [0.15, 0.2) is 6.67 Å². The van der Waals surface area contributed by atoms with Crippen LogP contribution in [0.3, 0.4) is 0 Å². The van der Waals surface area contributed by atoms with E-state index in [1.807, 2.05) is 31.2 Å². The highest BCUT2D eigenvalue weighted by molar-refractivity contribution is 5.51. The smallest absolute Gasteiger partial charge is 0.324 e. The summed E-state index contributed by atoms with van der Waals surface area (Å²) >= 11 is 0. The number of anilines is 1. The van der Waals surface area contributed by atoms with Gasteiger partial charge in [0.25, 0.3) is 5.56 Å². The van der Waals surface area contributed by atoms with Crippen molar-refractivity contribution in [1.82, 2.24) is 9.55 Å². The molecule has 0 amide bonds. The van der Waals surface area contributed by atoms with Gasteiger partial charge in [0.1, 0.15) is 17.9 Å². The number of fused-ring (bicyclic) bond motifs is 1. The van der Waals surface area contributed by atoms with Crippen LogP contribution in [-0.2, 0) is 6.54 Å². The highest BCUT2D eigenvalue weighted by Gasteiger charge is 2.25. The van der Waals surface area contributed by atoms with Crippen LogP contribution in [0.2, 0.25) is 0 Å². The standard InChI is InChI=1S/C17H22N4O2/c1-3-4-9-20-10-14-15(18-11-20)21(17(23)19-16(14)22)13-7-5-12(2)6-8-13/h5-8,18H,3-4,9-11H2,1-2H3,(H,19,22,23)/p+1. The van der Waals surface area contributed by atoms with Crippen LogP contribution in [0.5, 0.6) is 0 Å². The van der Waals surface area contributed by atoms with E-state index in [1.165, 1.54) is 4.90 Å². The molecule has 2 aromatic rings.